The smallest absolute Gasteiger partial charge is 0.217 e. The van der Waals surface area contributed by atoms with Crippen molar-refractivity contribution >= 4 is 17.0 Å². The number of aryl methyl sites for hydroxylation is 1. The first-order valence-electron chi connectivity index (χ1n) is 10.8. The molecular formula is C23H34N2O4. The number of carbonyl (C=O) groups is 1. The first-order valence-corrected chi connectivity index (χ1v) is 10.8. The van der Waals surface area contributed by atoms with Gasteiger partial charge in [-0.25, -0.2) is 4.98 Å². The summed E-state index contributed by atoms with van der Waals surface area (Å²) in [5.74, 6) is 2.32. The lowest BCUT2D eigenvalue weighted by molar-refractivity contribution is -0.120. The number of amides is 1. The van der Waals surface area contributed by atoms with Gasteiger partial charge in [-0.2, -0.15) is 0 Å². The van der Waals surface area contributed by atoms with Gasteiger partial charge in [0.1, 0.15) is 11.3 Å². The topological polar surface area (TPSA) is 73.6 Å². The van der Waals surface area contributed by atoms with E-state index in [0.717, 1.165) is 48.4 Å². The second-order valence-electron chi connectivity index (χ2n) is 8.52. The molecule has 6 heteroatoms. The lowest BCUT2D eigenvalue weighted by Gasteiger charge is -2.29. The van der Waals surface area contributed by atoms with Crippen molar-refractivity contribution in [2.24, 2.45) is 5.92 Å². The fraction of sp³-hybridized carbons (Fsp3) is 0.652. The number of aromatic nitrogens is 1. The van der Waals surface area contributed by atoms with Gasteiger partial charge in [-0.15, -0.1) is 0 Å². The number of ether oxygens (including phenoxy) is 2. The van der Waals surface area contributed by atoms with Crippen molar-refractivity contribution in [1.82, 2.24) is 10.3 Å². The maximum Gasteiger partial charge on any atom is 0.217 e. The highest BCUT2D eigenvalue weighted by molar-refractivity contribution is 5.74. The van der Waals surface area contributed by atoms with Crippen molar-refractivity contribution in [1.29, 1.82) is 0 Å². The number of nitrogens with zero attached hydrogens (tertiary/aromatic N) is 1. The van der Waals surface area contributed by atoms with Crippen LogP contribution in [0.15, 0.2) is 22.6 Å². The van der Waals surface area contributed by atoms with E-state index in [1.54, 1.807) is 0 Å². The Bertz CT molecular complexity index is 793. The van der Waals surface area contributed by atoms with Gasteiger partial charge in [0.25, 0.3) is 0 Å². The molecule has 1 atom stereocenters. The van der Waals surface area contributed by atoms with E-state index >= 15 is 0 Å². The summed E-state index contributed by atoms with van der Waals surface area (Å²) < 4.78 is 17.7. The van der Waals surface area contributed by atoms with Gasteiger partial charge < -0.3 is 19.2 Å². The Morgan fingerprint density at radius 2 is 2.00 bits per heavy atom. The molecule has 1 fully saturated rings. The van der Waals surface area contributed by atoms with E-state index in [2.05, 4.69) is 10.3 Å². The van der Waals surface area contributed by atoms with E-state index in [9.17, 15) is 4.79 Å². The molecule has 3 rings (SSSR count). The van der Waals surface area contributed by atoms with Crippen LogP contribution in [0.5, 0.6) is 5.75 Å². The predicted octanol–water partition coefficient (Wildman–Crippen LogP) is 4.65. The van der Waals surface area contributed by atoms with E-state index in [1.807, 2.05) is 39.0 Å². The summed E-state index contributed by atoms with van der Waals surface area (Å²) in [5.41, 5.74) is 1.69. The molecule has 1 unspecified atom stereocenters. The second kappa shape index (κ2) is 10.1. The average Bonchev–Trinajstić information content (AvgIpc) is 3.06. The zero-order chi connectivity index (χ0) is 20.8. The molecule has 0 saturated heterocycles. The molecule has 1 saturated carbocycles. The zero-order valence-corrected chi connectivity index (χ0v) is 18.1. The molecule has 0 bridgehead atoms. The van der Waals surface area contributed by atoms with Gasteiger partial charge in [-0.1, -0.05) is 0 Å². The largest absolute Gasteiger partial charge is 0.491 e. The normalized spacial score (nSPS) is 20.7. The minimum absolute atomic E-state index is 0.00678. The van der Waals surface area contributed by atoms with Crippen LogP contribution in [0.1, 0.15) is 65.7 Å². The van der Waals surface area contributed by atoms with Crippen molar-refractivity contribution in [2.75, 3.05) is 6.61 Å². The third-order valence-electron chi connectivity index (χ3n) is 5.37. The van der Waals surface area contributed by atoms with Crippen LogP contribution in [0, 0.1) is 5.92 Å². The molecule has 6 nitrogen and oxygen atoms in total. The Balaban J connectivity index is 1.41. The summed E-state index contributed by atoms with van der Waals surface area (Å²) in [6.07, 6.45) is 6.93. The van der Waals surface area contributed by atoms with Gasteiger partial charge in [0.2, 0.25) is 5.91 Å². The maximum absolute atomic E-state index is 11.1. The predicted molar refractivity (Wildman–Crippen MR) is 113 cm³/mol. The Morgan fingerprint density at radius 1 is 1.24 bits per heavy atom. The number of oxazole rings is 1. The molecule has 2 aromatic rings. The Hall–Kier alpha value is -2.08. The SMILES string of the molecule is CC(=O)NC(C)COC1CCC(CCc2nc3ccc(OC(C)C)cc3o2)CC1. The zero-order valence-electron chi connectivity index (χ0n) is 18.1. The van der Waals surface area contributed by atoms with Crippen LogP contribution in [0.2, 0.25) is 0 Å². The average molecular weight is 403 g/mol. The number of fused-ring (bicyclic) bond motifs is 1. The Labute approximate surface area is 173 Å². The van der Waals surface area contributed by atoms with Crippen LogP contribution in [-0.4, -0.2) is 35.7 Å². The van der Waals surface area contributed by atoms with E-state index in [-0.39, 0.29) is 18.1 Å². The Kier molecular flexibility index (Phi) is 7.53. The highest BCUT2D eigenvalue weighted by atomic mass is 16.5. The summed E-state index contributed by atoms with van der Waals surface area (Å²) in [7, 11) is 0. The van der Waals surface area contributed by atoms with E-state index in [1.165, 1.54) is 19.8 Å². The van der Waals surface area contributed by atoms with Gasteiger partial charge >= 0.3 is 0 Å². The van der Waals surface area contributed by atoms with E-state index in [0.29, 0.717) is 18.6 Å². The number of hydrogen-bond donors (Lipinski definition) is 1. The fourth-order valence-electron chi connectivity index (χ4n) is 3.99. The van der Waals surface area contributed by atoms with Gasteiger partial charge in [-0.05, 0) is 70.9 Å². The monoisotopic (exact) mass is 402 g/mol. The molecule has 160 valence electrons. The lowest BCUT2D eigenvalue weighted by atomic mass is 9.84. The van der Waals surface area contributed by atoms with Gasteiger partial charge in [0.05, 0.1) is 18.8 Å². The molecule has 0 aliphatic heterocycles. The van der Waals surface area contributed by atoms with Gasteiger partial charge in [0.15, 0.2) is 11.5 Å². The van der Waals surface area contributed by atoms with E-state index < -0.39 is 0 Å². The third-order valence-corrected chi connectivity index (χ3v) is 5.37. The number of carbonyl (C=O) groups excluding carboxylic acids is 1. The second-order valence-corrected chi connectivity index (χ2v) is 8.52. The Morgan fingerprint density at radius 3 is 2.69 bits per heavy atom. The minimum atomic E-state index is -0.00678. The molecule has 1 aliphatic rings. The highest BCUT2D eigenvalue weighted by Gasteiger charge is 2.22. The third kappa shape index (κ3) is 6.74. The van der Waals surface area contributed by atoms with Crippen LogP contribution in [0.4, 0.5) is 0 Å². The van der Waals surface area contributed by atoms with Crippen LogP contribution in [0.25, 0.3) is 11.1 Å². The minimum Gasteiger partial charge on any atom is -0.491 e. The quantitative estimate of drug-likeness (QED) is 0.661. The molecule has 0 spiro atoms. The first kappa shape index (κ1) is 21.6. The van der Waals surface area contributed by atoms with Crippen LogP contribution in [-0.2, 0) is 16.0 Å². The number of nitrogens with one attached hydrogen (secondary N) is 1. The summed E-state index contributed by atoms with van der Waals surface area (Å²) in [6, 6.07) is 5.90. The molecule has 1 aromatic carbocycles. The molecule has 1 aromatic heterocycles. The van der Waals surface area contributed by atoms with E-state index in [4.69, 9.17) is 13.9 Å². The summed E-state index contributed by atoms with van der Waals surface area (Å²) in [4.78, 5) is 15.7. The maximum atomic E-state index is 11.1. The first-order chi connectivity index (χ1) is 13.9. The van der Waals surface area contributed by atoms with Crippen molar-refractivity contribution in [3.05, 3.63) is 24.1 Å². The molecule has 1 amide bonds. The number of hydrogen-bond acceptors (Lipinski definition) is 5. The molecule has 1 heterocycles. The molecule has 1 aliphatic carbocycles. The molecular weight excluding hydrogens is 368 g/mol. The highest BCUT2D eigenvalue weighted by Crippen LogP contribution is 2.30. The van der Waals surface area contributed by atoms with Gasteiger partial charge in [0, 0.05) is 25.5 Å². The van der Waals surface area contributed by atoms with Crippen molar-refractivity contribution in [3.8, 4) is 5.75 Å². The van der Waals surface area contributed by atoms with Gasteiger partial charge in [-0.3, -0.25) is 4.79 Å². The fourth-order valence-corrected chi connectivity index (χ4v) is 3.99. The van der Waals surface area contributed by atoms with Crippen LogP contribution < -0.4 is 10.1 Å². The molecule has 0 radical (unpaired) electrons. The molecule has 29 heavy (non-hydrogen) atoms. The van der Waals surface area contributed by atoms with Crippen LogP contribution in [0.3, 0.4) is 0 Å². The summed E-state index contributed by atoms with van der Waals surface area (Å²) in [6.45, 7) is 8.13. The van der Waals surface area contributed by atoms with Crippen LogP contribution >= 0.6 is 0 Å². The number of benzene rings is 1. The summed E-state index contributed by atoms with van der Waals surface area (Å²) in [5, 5.41) is 2.86. The standard InChI is InChI=1S/C23H34N2O4/c1-15(2)28-20-10-11-21-22(13-20)29-23(25-21)12-7-18-5-8-19(9-6-18)27-14-16(3)24-17(4)26/h10-11,13,15-16,18-19H,5-9,12,14H2,1-4H3,(H,24,26). The number of rotatable bonds is 9. The van der Waals surface area contributed by atoms with Crippen molar-refractivity contribution in [3.63, 3.8) is 0 Å². The molecule has 1 N–H and O–H groups in total. The van der Waals surface area contributed by atoms with Crippen molar-refractivity contribution in [2.45, 2.75) is 84.5 Å². The summed E-state index contributed by atoms with van der Waals surface area (Å²) >= 11 is 0. The van der Waals surface area contributed by atoms with Crippen molar-refractivity contribution < 1.29 is 18.7 Å². The lowest BCUT2D eigenvalue weighted by Crippen LogP contribution is -2.36.